The molecule has 0 spiro atoms. The fourth-order valence-corrected chi connectivity index (χ4v) is 2.94. The highest BCUT2D eigenvalue weighted by molar-refractivity contribution is 7.99. The predicted octanol–water partition coefficient (Wildman–Crippen LogP) is 2.64. The first-order valence-electron chi connectivity index (χ1n) is 5.52. The van der Waals surface area contributed by atoms with Crippen LogP contribution in [-0.4, -0.2) is 29.3 Å². The third-order valence-corrected chi connectivity index (χ3v) is 3.92. The molecule has 1 aliphatic heterocycles. The lowest BCUT2D eigenvalue weighted by Crippen LogP contribution is -2.35. The van der Waals surface area contributed by atoms with E-state index in [0.717, 1.165) is 16.3 Å². The molecule has 96 valence electrons. The highest BCUT2D eigenvalue weighted by atomic mass is 35.5. The number of carboxylic acids is 1. The molecule has 0 saturated carbocycles. The van der Waals surface area contributed by atoms with E-state index in [-0.39, 0.29) is 18.7 Å². The number of benzene rings is 1. The number of hydrogen-bond acceptors (Lipinski definition) is 3. The monoisotopic (exact) mass is 285 g/mol. The van der Waals surface area contributed by atoms with Crippen LogP contribution >= 0.6 is 23.4 Å². The summed E-state index contributed by atoms with van der Waals surface area (Å²) in [5.74, 6) is -0.310. The van der Waals surface area contributed by atoms with Gasteiger partial charge in [0.2, 0.25) is 5.91 Å². The zero-order chi connectivity index (χ0) is 13.1. The molecule has 1 aromatic carbocycles. The van der Waals surface area contributed by atoms with Gasteiger partial charge in [0, 0.05) is 28.6 Å². The Morgan fingerprint density at radius 3 is 2.89 bits per heavy atom. The minimum absolute atomic E-state index is 0.0198. The van der Waals surface area contributed by atoms with E-state index in [4.69, 9.17) is 16.7 Å². The number of anilines is 1. The molecule has 1 amide bonds. The Bertz CT molecular complexity index is 492. The molecule has 0 fully saturated rings. The van der Waals surface area contributed by atoms with E-state index in [0.29, 0.717) is 11.6 Å². The summed E-state index contributed by atoms with van der Waals surface area (Å²) in [4.78, 5) is 25.1. The lowest BCUT2D eigenvalue weighted by atomic mass is 10.2. The molecule has 0 unspecified atom stereocenters. The summed E-state index contributed by atoms with van der Waals surface area (Å²) < 4.78 is 0. The maximum absolute atomic E-state index is 12.0. The van der Waals surface area contributed by atoms with E-state index in [1.165, 1.54) is 0 Å². The van der Waals surface area contributed by atoms with Crippen molar-refractivity contribution in [1.82, 2.24) is 0 Å². The number of carbonyl (C=O) groups excluding carboxylic acids is 1. The summed E-state index contributed by atoms with van der Waals surface area (Å²) in [6.07, 6.45) is -0.121. The SMILES string of the molecule is O=C(O)CCC(=O)N1CCSc2ccc(Cl)cc21. The molecule has 1 aromatic rings. The molecule has 0 radical (unpaired) electrons. The molecule has 0 saturated heterocycles. The van der Waals surface area contributed by atoms with Crippen molar-refractivity contribution in [3.8, 4) is 0 Å². The summed E-state index contributed by atoms with van der Waals surface area (Å²) in [6, 6.07) is 5.43. The first-order chi connectivity index (χ1) is 8.58. The van der Waals surface area contributed by atoms with E-state index < -0.39 is 5.97 Å². The van der Waals surface area contributed by atoms with Crippen molar-refractivity contribution < 1.29 is 14.7 Å². The minimum Gasteiger partial charge on any atom is -0.481 e. The molecule has 1 N–H and O–H groups in total. The number of hydrogen-bond donors (Lipinski definition) is 1. The Labute approximate surface area is 114 Å². The highest BCUT2D eigenvalue weighted by Gasteiger charge is 2.23. The number of thioether (sulfide) groups is 1. The first kappa shape index (κ1) is 13.2. The third-order valence-electron chi connectivity index (χ3n) is 2.64. The van der Waals surface area contributed by atoms with Gasteiger partial charge in [-0.15, -0.1) is 11.8 Å². The van der Waals surface area contributed by atoms with E-state index in [1.54, 1.807) is 28.8 Å². The zero-order valence-corrected chi connectivity index (χ0v) is 11.1. The van der Waals surface area contributed by atoms with Gasteiger partial charge in [0.1, 0.15) is 0 Å². The van der Waals surface area contributed by atoms with Gasteiger partial charge >= 0.3 is 5.97 Å². The van der Waals surface area contributed by atoms with Crippen LogP contribution in [0.5, 0.6) is 0 Å². The second-order valence-electron chi connectivity index (χ2n) is 3.90. The van der Waals surface area contributed by atoms with Crippen molar-refractivity contribution in [2.45, 2.75) is 17.7 Å². The zero-order valence-electron chi connectivity index (χ0n) is 9.56. The van der Waals surface area contributed by atoms with Gasteiger partial charge in [-0.3, -0.25) is 9.59 Å². The van der Waals surface area contributed by atoms with Crippen molar-refractivity contribution in [3.05, 3.63) is 23.2 Å². The quantitative estimate of drug-likeness (QED) is 0.927. The molecule has 1 heterocycles. The van der Waals surface area contributed by atoms with Gasteiger partial charge in [-0.05, 0) is 18.2 Å². The van der Waals surface area contributed by atoms with Crippen molar-refractivity contribution in [3.63, 3.8) is 0 Å². The Balaban J connectivity index is 2.18. The van der Waals surface area contributed by atoms with Gasteiger partial charge in [-0.25, -0.2) is 0 Å². The molecular weight excluding hydrogens is 274 g/mol. The van der Waals surface area contributed by atoms with Gasteiger partial charge < -0.3 is 10.0 Å². The van der Waals surface area contributed by atoms with Crippen LogP contribution in [0.15, 0.2) is 23.1 Å². The second-order valence-corrected chi connectivity index (χ2v) is 5.47. The number of rotatable bonds is 3. The number of nitrogens with zero attached hydrogens (tertiary/aromatic N) is 1. The Kier molecular flexibility index (Phi) is 4.14. The number of halogens is 1. The number of fused-ring (bicyclic) bond motifs is 1. The van der Waals surface area contributed by atoms with Crippen LogP contribution in [-0.2, 0) is 9.59 Å². The van der Waals surface area contributed by atoms with E-state index in [2.05, 4.69) is 0 Å². The van der Waals surface area contributed by atoms with E-state index in [9.17, 15) is 9.59 Å². The van der Waals surface area contributed by atoms with Gasteiger partial charge in [0.25, 0.3) is 0 Å². The standard InChI is InChI=1S/C12H12ClNO3S/c13-8-1-2-10-9(7-8)14(5-6-18-10)11(15)3-4-12(16)17/h1-2,7H,3-6H2,(H,16,17). The molecule has 0 aromatic heterocycles. The Morgan fingerprint density at radius 1 is 1.39 bits per heavy atom. The molecular formula is C12H12ClNO3S. The van der Waals surface area contributed by atoms with Crippen LogP contribution in [0.1, 0.15) is 12.8 Å². The summed E-state index contributed by atoms with van der Waals surface area (Å²) in [7, 11) is 0. The van der Waals surface area contributed by atoms with Crippen LogP contribution in [0.25, 0.3) is 0 Å². The summed E-state index contributed by atoms with van der Waals surface area (Å²) in [5.41, 5.74) is 0.786. The average Bonchev–Trinajstić information content (AvgIpc) is 2.35. The van der Waals surface area contributed by atoms with Crippen molar-refractivity contribution in [2.75, 3.05) is 17.2 Å². The van der Waals surface area contributed by atoms with Gasteiger partial charge in [0.05, 0.1) is 12.1 Å². The van der Waals surface area contributed by atoms with Crippen LogP contribution in [0.3, 0.4) is 0 Å². The van der Waals surface area contributed by atoms with Crippen LogP contribution in [0.2, 0.25) is 5.02 Å². The smallest absolute Gasteiger partial charge is 0.303 e. The van der Waals surface area contributed by atoms with E-state index in [1.807, 2.05) is 6.07 Å². The summed E-state index contributed by atoms with van der Waals surface area (Å²) in [5, 5.41) is 9.18. The molecule has 0 bridgehead atoms. The number of aliphatic carboxylic acids is 1. The lowest BCUT2D eigenvalue weighted by molar-refractivity contribution is -0.138. The summed E-state index contributed by atoms with van der Waals surface area (Å²) >= 11 is 7.61. The maximum Gasteiger partial charge on any atom is 0.303 e. The van der Waals surface area contributed by atoms with Crippen LogP contribution < -0.4 is 4.90 Å². The largest absolute Gasteiger partial charge is 0.481 e. The molecule has 18 heavy (non-hydrogen) atoms. The topological polar surface area (TPSA) is 57.6 Å². The normalized spacial score (nSPS) is 14.2. The van der Waals surface area contributed by atoms with E-state index >= 15 is 0 Å². The fourth-order valence-electron chi connectivity index (χ4n) is 1.80. The second kappa shape index (κ2) is 5.63. The maximum atomic E-state index is 12.0. The van der Waals surface area contributed by atoms with Crippen LogP contribution in [0.4, 0.5) is 5.69 Å². The molecule has 6 heteroatoms. The van der Waals surface area contributed by atoms with Crippen LogP contribution in [0, 0.1) is 0 Å². The Morgan fingerprint density at radius 2 is 2.17 bits per heavy atom. The lowest BCUT2D eigenvalue weighted by Gasteiger charge is -2.29. The van der Waals surface area contributed by atoms with Crippen molar-refractivity contribution >= 4 is 40.9 Å². The van der Waals surface area contributed by atoms with Gasteiger partial charge in [-0.2, -0.15) is 0 Å². The first-order valence-corrected chi connectivity index (χ1v) is 6.89. The molecule has 2 rings (SSSR count). The predicted molar refractivity (Wildman–Crippen MR) is 71.4 cm³/mol. The van der Waals surface area contributed by atoms with Crippen molar-refractivity contribution in [2.24, 2.45) is 0 Å². The van der Waals surface area contributed by atoms with Crippen molar-refractivity contribution in [1.29, 1.82) is 0 Å². The minimum atomic E-state index is -0.957. The van der Waals surface area contributed by atoms with Gasteiger partial charge in [0.15, 0.2) is 0 Å². The Hall–Kier alpha value is -1.20. The number of amides is 1. The molecule has 0 atom stereocenters. The highest BCUT2D eigenvalue weighted by Crippen LogP contribution is 2.36. The van der Waals surface area contributed by atoms with Gasteiger partial charge in [-0.1, -0.05) is 11.6 Å². The fraction of sp³-hybridized carbons (Fsp3) is 0.333. The molecule has 0 aliphatic carbocycles. The third kappa shape index (κ3) is 2.97. The molecule has 4 nitrogen and oxygen atoms in total. The summed E-state index contributed by atoms with van der Waals surface area (Å²) in [6.45, 7) is 0.594. The number of carboxylic acid groups (broad SMARTS) is 1. The average molecular weight is 286 g/mol. The molecule has 1 aliphatic rings. The number of carbonyl (C=O) groups is 2.